The minimum atomic E-state index is -4.27. The molecule has 0 fully saturated rings. The van der Waals surface area contributed by atoms with Crippen molar-refractivity contribution in [2.75, 3.05) is 0 Å². The lowest BCUT2D eigenvalue weighted by Crippen LogP contribution is -2.11. The first-order valence-electron chi connectivity index (χ1n) is 6.55. The number of aliphatic imine (C=N–C) groups is 1. The van der Waals surface area contributed by atoms with Gasteiger partial charge >= 0.3 is 6.18 Å². The van der Waals surface area contributed by atoms with Gasteiger partial charge in [-0.25, -0.2) is 0 Å². The standard InChI is InChI=1S/C15H20F3N3/c1-4-5-14(20)13(6-8-15(16,17)18)11(2)7-9-21-12(3)10-19/h5-7,9,11H,4,8,20H2,1-3H3/b9-7-,13-6-,14-5+,21-12?. The van der Waals surface area contributed by atoms with Crippen LogP contribution in [0, 0.1) is 17.2 Å². The van der Waals surface area contributed by atoms with Gasteiger partial charge in [0, 0.05) is 17.8 Å². The fourth-order valence-corrected chi connectivity index (χ4v) is 1.55. The fraction of sp³-hybridized carbons (Fsp3) is 0.467. The number of rotatable bonds is 6. The van der Waals surface area contributed by atoms with Gasteiger partial charge in [0.05, 0.1) is 6.42 Å². The van der Waals surface area contributed by atoms with Crippen LogP contribution < -0.4 is 5.73 Å². The summed E-state index contributed by atoms with van der Waals surface area (Å²) in [7, 11) is 0. The van der Waals surface area contributed by atoms with Gasteiger partial charge in [0.2, 0.25) is 0 Å². The van der Waals surface area contributed by atoms with Crippen LogP contribution in [-0.4, -0.2) is 11.9 Å². The van der Waals surface area contributed by atoms with E-state index in [0.29, 0.717) is 17.7 Å². The summed E-state index contributed by atoms with van der Waals surface area (Å²) in [5.74, 6) is -0.328. The molecule has 0 aromatic rings. The van der Waals surface area contributed by atoms with E-state index < -0.39 is 12.6 Å². The molecule has 3 nitrogen and oxygen atoms in total. The molecular weight excluding hydrogens is 279 g/mol. The number of allylic oxidation sites excluding steroid dienone is 4. The highest BCUT2D eigenvalue weighted by molar-refractivity contribution is 5.96. The Hall–Kier alpha value is -2.03. The molecule has 0 saturated heterocycles. The van der Waals surface area contributed by atoms with Crippen LogP contribution >= 0.6 is 0 Å². The van der Waals surface area contributed by atoms with Crippen LogP contribution in [0.25, 0.3) is 0 Å². The first-order chi connectivity index (χ1) is 9.71. The Labute approximate surface area is 123 Å². The molecule has 6 heteroatoms. The summed E-state index contributed by atoms with van der Waals surface area (Å²) in [6.45, 7) is 5.13. The van der Waals surface area contributed by atoms with Crippen molar-refractivity contribution in [1.29, 1.82) is 5.26 Å². The van der Waals surface area contributed by atoms with E-state index in [-0.39, 0.29) is 11.6 Å². The van der Waals surface area contributed by atoms with Crippen molar-refractivity contribution in [2.45, 2.75) is 39.8 Å². The van der Waals surface area contributed by atoms with E-state index in [9.17, 15) is 13.2 Å². The normalized spacial score (nSPS) is 16.1. The predicted molar refractivity (Wildman–Crippen MR) is 78.3 cm³/mol. The van der Waals surface area contributed by atoms with Crippen molar-refractivity contribution >= 4 is 5.71 Å². The highest BCUT2D eigenvalue weighted by Crippen LogP contribution is 2.25. The van der Waals surface area contributed by atoms with Crippen molar-refractivity contribution in [2.24, 2.45) is 16.6 Å². The molecule has 0 bridgehead atoms. The molecule has 1 unspecified atom stereocenters. The molecule has 0 aromatic heterocycles. The maximum atomic E-state index is 12.4. The van der Waals surface area contributed by atoms with Crippen LogP contribution in [0.2, 0.25) is 0 Å². The van der Waals surface area contributed by atoms with E-state index in [1.54, 1.807) is 26.0 Å². The van der Waals surface area contributed by atoms with Crippen LogP contribution in [0.5, 0.6) is 0 Å². The van der Waals surface area contributed by atoms with E-state index in [0.717, 1.165) is 6.08 Å². The summed E-state index contributed by atoms with van der Waals surface area (Å²) >= 11 is 0. The second-order valence-electron chi connectivity index (χ2n) is 4.50. The minimum absolute atomic E-state index is 0.274. The number of nitriles is 1. The summed E-state index contributed by atoms with van der Waals surface area (Å²) in [5.41, 5.74) is 6.84. The van der Waals surface area contributed by atoms with Crippen molar-refractivity contribution in [3.05, 3.63) is 35.7 Å². The molecule has 21 heavy (non-hydrogen) atoms. The summed E-state index contributed by atoms with van der Waals surface area (Å²) < 4.78 is 37.1. The Kier molecular flexibility index (Phi) is 8.14. The minimum Gasteiger partial charge on any atom is -0.399 e. The molecule has 0 aliphatic carbocycles. The van der Waals surface area contributed by atoms with Gasteiger partial charge in [-0.1, -0.05) is 32.1 Å². The van der Waals surface area contributed by atoms with Gasteiger partial charge in [-0.3, -0.25) is 4.99 Å². The van der Waals surface area contributed by atoms with E-state index in [2.05, 4.69) is 4.99 Å². The third kappa shape index (κ3) is 8.69. The Balaban J connectivity index is 5.23. The Morgan fingerprint density at radius 3 is 2.48 bits per heavy atom. The van der Waals surface area contributed by atoms with E-state index in [4.69, 9.17) is 11.0 Å². The number of nitrogens with zero attached hydrogens (tertiary/aromatic N) is 2. The zero-order chi connectivity index (χ0) is 16.5. The van der Waals surface area contributed by atoms with Crippen LogP contribution in [0.1, 0.15) is 33.6 Å². The van der Waals surface area contributed by atoms with Crippen molar-refractivity contribution in [3.63, 3.8) is 0 Å². The lowest BCUT2D eigenvalue weighted by Gasteiger charge is -2.14. The zero-order valence-corrected chi connectivity index (χ0v) is 12.4. The predicted octanol–water partition coefficient (Wildman–Crippen LogP) is 4.25. The molecule has 2 N–H and O–H groups in total. The number of alkyl halides is 3. The molecule has 1 atom stereocenters. The smallest absolute Gasteiger partial charge is 0.392 e. The van der Waals surface area contributed by atoms with Crippen LogP contribution in [0.4, 0.5) is 13.2 Å². The van der Waals surface area contributed by atoms with Crippen molar-refractivity contribution < 1.29 is 13.2 Å². The SMILES string of the molecule is CC/C=C(N)\C(=C/CC(F)(F)F)C(C)/C=C\N=C(C)C#N. The Bertz CT molecular complexity index is 491. The maximum Gasteiger partial charge on any atom is 0.392 e. The Morgan fingerprint density at radius 1 is 1.38 bits per heavy atom. The molecule has 0 rings (SSSR count). The molecule has 0 radical (unpaired) electrons. The average Bonchev–Trinajstić information content (AvgIpc) is 2.37. The number of hydrogen-bond acceptors (Lipinski definition) is 3. The first-order valence-corrected chi connectivity index (χ1v) is 6.55. The van der Waals surface area contributed by atoms with Crippen LogP contribution in [0.15, 0.2) is 40.7 Å². The first kappa shape index (κ1) is 19.0. The Morgan fingerprint density at radius 2 is 2.00 bits per heavy atom. The molecule has 0 amide bonds. The van der Waals surface area contributed by atoms with Crippen LogP contribution in [-0.2, 0) is 0 Å². The topological polar surface area (TPSA) is 62.2 Å². The van der Waals surface area contributed by atoms with Gasteiger partial charge < -0.3 is 5.73 Å². The van der Waals surface area contributed by atoms with Gasteiger partial charge in [0.25, 0.3) is 0 Å². The molecular formula is C15H20F3N3. The highest BCUT2D eigenvalue weighted by atomic mass is 19.4. The summed E-state index contributed by atoms with van der Waals surface area (Å²) in [6.07, 6.45) is 1.13. The number of hydrogen-bond donors (Lipinski definition) is 1. The monoisotopic (exact) mass is 299 g/mol. The number of nitrogens with two attached hydrogens (primary N) is 1. The fourth-order valence-electron chi connectivity index (χ4n) is 1.55. The average molecular weight is 299 g/mol. The van der Waals surface area contributed by atoms with E-state index in [1.165, 1.54) is 6.20 Å². The second-order valence-corrected chi connectivity index (χ2v) is 4.50. The van der Waals surface area contributed by atoms with E-state index >= 15 is 0 Å². The molecule has 0 aromatic carbocycles. The van der Waals surface area contributed by atoms with Gasteiger partial charge in [0.1, 0.15) is 11.8 Å². The van der Waals surface area contributed by atoms with Gasteiger partial charge in [0.15, 0.2) is 0 Å². The number of halogens is 3. The second kappa shape index (κ2) is 9.01. The van der Waals surface area contributed by atoms with Gasteiger partial charge in [-0.2, -0.15) is 18.4 Å². The zero-order valence-electron chi connectivity index (χ0n) is 12.4. The van der Waals surface area contributed by atoms with Gasteiger partial charge in [-0.05, 0) is 18.9 Å². The lowest BCUT2D eigenvalue weighted by molar-refractivity contribution is -0.125. The molecule has 0 heterocycles. The van der Waals surface area contributed by atoms with Crippen molar-refractivity contribution in [1.82, 2.24) is 0 Å². The van der Waals surface area contributed by atoms with Crippen LogP contribution in [0.3, 0.4) is 0 Å². The lowest BCUT2D eigenvalue weighted by atomic mass is 9.96. The summed E-state index contributed by atoms with van der Waals surface area (Å²) in [4.78, 5) is 3.84. The molecule has 116 valence electrons. The third-order valence-corrected chi connectivity index (χ3v) is 2.61. The molecule has 0 saturated carbocycles. The van der Waals surface area contributed by atoms with Crippen molar-refractivity contribution in [3.8, 4) is 6.07 Å². The summed E-state index contributed by atoms with van der Waals surface area (Å²) in [5, 5.41) is 8.56. The van der Waals surface area contributed by atoms with Gasteiger partial charge in [-0.15, -0.1) is 0 Å². The quantitative estimate of drug-likeness (QED) is 0.588. The molecule has 0 aliphatic rings. The largest absolute Gasteiger partial charge is 0.399 e. The third-order valence-electron chi connectivity index (χ3n) is 2.61. The molecule has 0 aliphatic heterocycles. The summed E-state index contributed by atoms with van der Waals surface area (Å²) in [6, 6.07) is 1.86. The highest BCUT2D eigenvalue weighted by Gasteiger charge is 2.26. The molecule has 0 spiro atoms. The van der Waals surface area contributed by atoms with E-state index in [1.807, 2.05) is 13.0 Å². The maximum absolute atomic E-state index is 12.4.